The highest BCUT2D eigenvalue weighted by Crippen LogP contribution is 2.57. The van der Waals surface area contributed by atoms with E-state index in [0.717, 1.165) is 25.7 Å². The van der Waals surface area contributed by atoms with Gasteiger partial charge in [-0.3, -0.25) is 9.59 Å². The van der Waals surface area contributed by atoms with E-state index < -0.39 is 11.4 Å². The Balaban J connectivity index is 2.27. The Labute approximate surface area is 132 Å². The molecule has 0 aromatic carbocycles. The van der Waals surface area contributed by atoms with Crippen molar-refractivity contribution in [1.82, 2.24) is 0 Å². The first-order chi connectivity index (χ1) is 10.2. The van der Waals surface area contributed by atoms with Crippen LogP contribution in [0.1, 0.15) is 59.8 Å². The molecule has 2 aliphatic rings. The first-order valence-corrected chi connectivity index (χ1v) is 8.29. The van der Waals surface area contributed by atoms with E-state index in [1.807, 2.05) is 6.92 Å². The zero-order valence-electron chi connectivity index (χ0n) is 14.1. The zero-order valence-corrected chi connectivity index (χ0v) is 14.1. The van der Waals surface area contributed by atoms with Crippen LogP contribution < -0.4 is 0 Å². The summed E-state index contributed by atoms with van der Waals surface area (Å²) in [5, 5.41) is 9.72. The molecule has 1 N–H and O–H groups in total. The topological polar surface area (TPSA) is 63.6 Å². The number of allylic oxidation sites excluding steroid dienone is 2. The van der Waals surface area contributed by atoms with E-state index in [-0.39, 0.29) is 17.3 Å². The van der Waals surface area contributed by atoms with E-state index in [1.165, 1.54) is 12.5 Å². The smallest absolute Gasteiger partial charge is 0.309 e. The lowest BCUT2D eigenvalue weighted by Gasteiger charge is -2.52. The zero-order chi connectivity index (χ0) is 16.5. The molecule has 4 heteroatoms. The van der Waals surface area contributed by atoms with E-state index in [0.29, 0.717) is 18.9 Å². The molecule has 0 aromatic heterocycles. The summed E-state index contributed by atoms with van der Waals surface area (Å²) >= 11 is 0. The number of carbonyl (C=O) groups is 2. The van der Waals surface area contributed by atoms with Gasteiger partial charge in [0.2, 0.25) is 0 Å². The Kier molecular flexibility index (Phi) is 4.69. The lowest BCUT2D eigenvalue weighted by molar-refractivity contribution is -0.152. The molecule has 4 atom stereocenters. The van der Waals surface area contributed by atoms with Crippen molar-refractivity contribution in [3.8, 4) is 0 Å². The molecule has 2 aliphatic carbocycles. The summed E-state index contributed by atoms with van der Waals surface area (Å²) < 4.78 is 5.15. The van der Waals surface area contributed by atoms with Gasteiger partial charge in [-0.05, 0) is 56.3 Å². The first kappa shape index (κ1) is 17.0. The monoisotopic (exact) mass is 308 g/mol. The van der Waals surface area contributed by atoms with Crippen LogP contribution >= 0.6 is 0 Å². The maximum absolute atomic E-state index is 11.8. The van der Waals surface area contributed by atoms with Crippen molar-refractivity contribution >= 4 is 11.9 Å². The fourth-order valence-electron chi connectivity index (χ4n) is 4.37. The van der Waals surface area contributed by atoms with Gasteiger partial charge in [0.1, 0.15) is 0 Å². The maximum atomic E-state index is 11.8. The number of rotatable bonds is 4. The van der Waals surface area contributed by atoms with Crippen LogP contribution in [0.4, 0.5) is 0 Å². The maximum Gasteiger partial charge on any atom is 0.309 e. The third-order valence-corrected chi connectivity index (χ3v) is 6.22. The molecule has 4 unspecified atom stereocenters. The van der Waals surface area contributed by atoms with Crippen LogP contribution in [-0.4, -0.2) is 23.7 Å². The van der Waals surface area contributed by atoms with Gasteiger partial charge in [-0.15, -0.1) is 0 Å². The second kappa shape index (κ2) is 6.05. The summed E-state index contributed by atoms with van der Waals surface area (Å²) in [7, 11) is 0. The summed E-state index contributed by atoms with van der Waals surface area (Å²) in [6.07, 6.45) is 6.54. The predicted molar refractivity (Wildman–Crippen MR) is 84.3 cm³/mol. The fourth-order valence-corrected chi connectivity index (χ4v) is 4.37. The van der Waals surface area contributed by atoms with Crippen molar-refractivity contribution in [3.63, 3.8) is 0 Å². The van der Waals surface area contributed by atoms with Crippen molar-refractivity contribution in [2.75, 3.05) is 6.61 Å². The van der Waals surface area contributed by atoms with E-state index in [1.54, 1.807) is 0 Å². The Morgan fingerprint density at radius 1 is 1.36 bits per heavy atom. The van der Waals surface area contributed by atoms with Gasteiger partial charge in [-0.1, -0.05) is 25.5 Å². The van der Waals surface area contributed by atoms with E-state index in [2.05, 4.69) is 19.9 Å². The number of carbonyl (C=O) groups excluding carboxylic acids is 1. The van der Waals surface area contributed by atoms with Gasteiger partial charge in [0.15, 0.2) is 0 Å². The standard InChI is InChI=1S/C18H28O4/c1-12-7-8-15-14(6-5-9-18(15,4)16(20)21)17(12,3)10-11-22-13(2)19/h6,12,15H,5,7-11H2,1-4H3,(H,20,21). The van der Waals surface area contributed by atoms with Gasteiger partial charge >= 0.3 is 11.9 Å². The number of hydrogen-bond donors (Lipinski definition) is 1. The molecule has 0 spiro atoms. The normalized spacial score (nSPS) is 37.9. The van der Waals surface area contributed by atoms with Crippen molar-refractivity contribution in [2.24, 2.45) is 22.7 Å². The minimum Gasteiger partial charge on any atom is -0.481 e. The number of hydrogen-bond acceptors (Lipinski definition) is 3. The van der Waals surface area contributed by atoms with Crippen LogP contribution in [-0.2, 0) is 14.3 Å². The van der Waals surface area contributed by atoms with Crippen molar-refractivity contribution in [3.05, 3.63) is 11.6 Å². The summed E-state index contributed by atoms with van der Waals surface area (Å²) in [6, 6.07) is 0. The highest BCUT2D eigenvalue weighted by atomic mass is 16.5. The van der Waals surface area contributed by atoms with Gasteiger partial charge in [-0.25, -0.2) is 0 Å². The highest BCUT2D eigenvalue weighted by Gasteiger charge is 2.52. The number of fused-ring (bicyclic) bond motifs is 1. The van der Waals surface area contributed by atoms with Crippen LogP contribution in [0.5, 0.6) is 0 Å². The molecule has 0 aliphatic heterocycles. The van der Waals surface area contributed by atoms with Gasteiger partial charge in [0.25, 0.3) is 0 Å². The predicted octanol–water partition coefficient (Wildman–Crippen LogP) is 3.80. The van der Waals surface area contributed by atoms with Gasteiger partial charge in [0, 0.05) is 6.92 Å². The largest absolute Gasteiger partial charge is 0.481 e. The van der Waals surface area contributed by atoms with Gasteiger partial charge < -0.3 is 9.84 Å². The number of esters is 1. The average molecular weight is 308 g/mol. The number of carboxylic acid groups (broad SMARTS) is 1. The third-order valence-electron chi connectivity index (χ3n) is 6.22. The molecule has 4 nitrogen and oxygen atoms in total. The average Bonchev–Trinajstić information content (AvgIpc) is 2.43. The molecule has 0 amide bonds. The van der Waals surface area contributed by atoms with Crippen LogP contribution in [0.3, 0.4) is 0 Å². The molecular weight excluding hydrogens is 280 g/mol. The molecule has 0 bridgehead atoms. The van der Waals surface area contributed by atoms with Crippen LogP contribution in [0, 0.1) is 22.7 Å². The Hall–Kier alpha value is -1.32. The number of ether oxygens (including phenoxy) is 1. The highest BCUT2D eigenvalue weighted by molar-refractivity contribution is 5.75. The lowest BCUT2D eigenvalue weighted by Crippen LogP contribution is -2.47. The van der Waals surface area contributed by atoms with E-state index >= 15 is 0 Å². The summed E-state index contributed by atoms with van der Waals surface area (Å²) in [5.41, 5.74) is 0.553. The van der Waals surface area contributed by atoms with E-state index in [9.17, 15) is 14.7 Å². The van der Waals surface area contributed by atoms with Crippen LogP contribution in [0.25, 0.3) is 0 Å². The molecule has 124 valence electrons. The molecule has 0 radical (unpaired) electrons. The van der Waals surface area contributed by atoms with Crippen molar-refractivity contribution in [1.29, 1.82) is 0 Å². The minimum absolute atomic E-state index is 0.0739. The molecule has 1 saturated carbocycles. The Morgan fingerprint density at radius 3 is 2.64 bits per heavy atom. The second-order valence-corrected chi connectivity index (χ2v) is 7.46. The Bertz CT molecular complexity index is 495. The molecule has 1 fully saturated rings. The Morgan fingerprint density at radius 2 is 2.05 bits per heavy atom. The van der Waals surface area contributed by atoms with Crippen molar-refractivity contribution in [2.45, 2.75) is 59.8 Å². The molecule has 0 saturated heterocycles. The molecular formula is C18H28O4. The molecule has 0 aromatic rings. The SMILES string of the molecule is CC(=O)OCCC1(C)C2=CCCC(C)(C(=O)O)C2CCC1C. The minimum atomic E-state index is -0.681. The number of aliphatic carboxylic acids is 1. The summed E-state index contributed by atoms with van der Waals surface area (Å²) in [6.45, 7) is 8.18. The fraction of sp³-hybridized carbons (Fsp3) is 0.778. The van der Waals surface area contributed by atoms with Crippen molar-refractivity contribution < 1.29 is 19.4 Å². The van der Waals surface area contributed by atoms with Gasteiger partial charge in [0.05, 0.1) is 12.0 Å². The third kappa shape index (κ3) is 2.80. The lowest BCUT2D eigenvalue weighted by atomic mass is 9.52. The van der Waals surface area contributed by atoms with Crippen LogP contribution in [0.15, 0.2) is 11.6 Å². The molecule has 2 rings (SSSR count). The summed E-state index contributed by atoms with van der Waals surface area (Å²) in [5.74, 6) is -0.351. The number of carboxylic acids is 1. The first-order valence-electron chi connectivity index (χ1n) is 8.29. The van der Waals surface area contributed by atoms with Crippen LogP contribution in [0.2, 0.25) is 0 Å². The van der Waals surface area contributed by atoms with E-state index in [4.69, 9.17) is 4.74 Å². The quantitative estimate of drug-likeness (QED) is 0.633. The second-order valence-electron chi connectivity index (χ2n) is 7.46. The molecule has 22 heavy (non-hydrogen) atoms. The summed E-state index contributed by atoms with van der Waals surface area (Å²) in [4.78, 5) is 22.9. The molecule has 0 heterocycles. The van der Waals surface area contributed by atoms with Gasteiger partial charge in [-0.2, -0.15) is 0 Å².